The summed E-state index contributed by atoms with van der Waals surface area (Å²) in [5.74, 6) is -0.451. The third-order valence-electron chi connectivity index (χ3n) is 6.61. The fraction of sp³-hybridized carbons (Fsp3) is 0.481. The standard InChI is InChI=1S/C27H34N4O5S/c1-17(2)14-19(28-27(35)36-24-11-10-22(37-24)18-8-6-5-7-9-18)26(34)30-13-12-20-25(30)21(32)15-31(20)23(33)16-29(3)4/h5-11,17,19-20,25H,12-16H2,1-4H3,(H,28,35). The van der Waals surface area contributed by atoms with Gasteiger partial charge in [0.05, 0.1) is 19.1 Å². The number of rotatable bonds is 8. The van der Waals surface area contributed by atoms with Crippen molar-refractivity contribution >= 4 is 35.0 Å². The first-order chi connectivity index (χ1) is 17.6. The normalized spacial score (nSPS) is 19.9. The number of carbonyl (C=O) groups is 4. The van der Waals surface area contributed by atoms with Gasteiger partial charge in [-0.25, -0.2) is 4.79 Å². The average molecular weight is 527 g/mol. The van der Waals surface area contributed by atoms with Crippen LogP contribution in [0, 0.1) is 5.92 Å². The Kier molecular flexibility index (Phi) is 8.29. The second-order valence-electron chi connectivity index (χ2n) is 10.3. The van der Waals surface area contributed by atoms with Gasteiger partial charge in [-0.15, -0.1) is 0 Å². The van der Waals surface area contributed by atoms with E-state index in [9.17, 15) is 19.2 Å². The molecular formula is C27H34N4O5S. The molecule has 0 bridgehead atoms. The zero-order valence-electron chi connectivity index (χ0n) is 21.7. The number of likely N-dealkylation sites (tertiary alicyclic amines) is 2. The highest BCUT2D eigenvalue weighted by molar-refractivity contribution is 7.17. The van der Waals surface area contributed by atoms with Crippen molar-refractivity contribution in [1.82, 2.24) is 20.0 Å². The number of amides is 3. The van der Waals surface area contributed by atoms with Gasteiger partial charge in [0.1, 0.15) is 12.1 Å². The summed E-state index contributed by atoms with van der Waals surface area (Å²) in [5.41, 5.74) is 1.03. The molecular weight excluding hydrogens is 492 g/mol. The summed E-state index contributed by atoms with van der Waals surface area (Å²) in [7, 11) is 3.61. The monoisotopic (exact) mass is 526 g/mol. The third-order valence-corrected chi connectivity index (χ3v) is 7.62. The minimum atomic E-state index is -0.834. The highest BCUT2D eigenvalue weighted by atomic mass is 32.1. The van der Waals surface area contributed by atoms with Crippen molar-refractivity contribution in [3.63, 3.8) is 0 Å². The zero-order chi connectivity index (χ0) is 26.7. The molecule has 37 heavy (non-hydrogen) atoms. The minimum absolute atomic E-state index is 0.0121. The van der Waals surface area contributed by atoms with E-state index in [4.69, 9.17) is 4.74 Å². The number of nitrogens with zero attached hydrogens (tertiary/aromatic N) is 3. The number of hydrogen-bond acceptors (Lipinski definition) is 7. The molecule has 0 radical (unpaired) electrons. The number of likely N-dealkylation sites (N-methyl/N-ethyl adjacent to an activating group) is 1. The Labute approximate surface area is 221 Å². The molecule has 10 heteroatoms. The van der Waals surface area contributed by atoms with E-state index in [-0.39, 0.29) is 42.6 Å². The fourth-order valence-corrected chi connectivity index (χ4v) is 5.90. The van der Waals surface area contributed by atoms with Gasteiger partial charge in [0.25, 0.3) is 0 Å². The van der Waals surface area contributed by atoms with Crippen LogP contribution in [0.2, 0.25) is 0 Å². The van der Waals surface area contributed by atoms with E-state index in [2.05, 4.69) is 5.32 Å². The molecule has 3 heterocycles. The van der Waals surface area contributed by atoms with E-state index in [0.29, 0.717) is 24.4 Å². The summed E-state index contributed by atoms with van der Waals surface area (Å²) in [4.78, 5) is 57.8. The smallest absolute Gasteiger partial charge is 0.399 e. The molecule has 1 N–H and O–H groups in total. The number of fused-ring (bicyclic) bond motifs is 1. The van der Waals surface area contributed by atoms with E-state index in [1.807, 2.05) is 50.2 Å². The van der Waals surface area contributed by atoms with Crippen molar-refractivity contribution in [1.29, 1.82) is 0 Å². The summed E-state index contributed by atoms with van der Waals surface area (Å²) < 4.78 is 5.51. The molecule has 0 spiro atoms. The van der Waals surface area contributed by atoms with Gasteiger partial charge in [0, 0.05) is 11.4 Å². The first kappa shape index (κ1) is 26.8. The van der Waals surface area contributed by atoms with Crippen LogP contribution in [-0.2, 0) is 14.4 Å². The van der Waals surface area contributed by atoms with E-state index in [0.717, 1.165) is 10.4 Å². The van der Waals surface area contributed by atoms with Crippen LogP contribution in [-0.4, -0.2) is 90.2 Å². The van der Waals surface area contributed by atoms with E-state index < -0.39 is 18.2 Å². The molecule has 9 nitrogen and oxygen atoms in total. The first-order valence-electron chi connectivity index (χ1n) is 12.5. The van der Waals surface area contributed by atoms with E-state index in [1.165, 1.54) is 11.3 Å². The molecule has 2 fully saturated rings. The van der Waals surface area contributed by atoms with Crippen molar-refractivity contribution < 1.29 is 23.9 Å². The molecule has 2 aliphatic rings. The van der Waals surface area contributed by atoms with Gasteiger partial charge in [-0.3, -0.25) is 14.4 Å². The van der Waals surface area contributed by atoms with Crippen LogP contribution in [0.25, 0.3) is 10.4 Å². The number of ketones is 1. The predicted octanol–water partition coefficient (Wildman–Crippen LogP) is 2.86. The number of benzene rings is 1. The Morgan fingerprint density at radius 3 is 2.51 bits per heavy atom. The molecule has 3 amide bonds. The number of ether oxygens (including phenoxy) is 1. The Hall–Kier alpha value is -3.24. The number of hydrogen-bond donors (Lipinski definition) is 1. The van der Waals surface area contributed by atoms with Crippen molar-refractivity contribution in [2.24, 2.45) is 5.92 Å². The molecule has 0 aliphatic carbocycles. The molecule has 2 saturated heterocycles. The first-order valence-corrected chi connectivity index (χ1v) is 13.4. The summed E-state index contributed by atoms with van der Waals surface area (Å²) in [6.45, 7) is 4.52. The van der Waals surface area contributed by atoms with Gasteiger partial charge >= 0.3 is 6.09 Å². The largest absolute Gasteiger partial charge is 0.414 e. The second kappa shape index (κ2) is 11.4. The van der Waals surface area contributed by atoms with Gasteiger partial charge in [-0.1, -0.05) is 55.5 Å². The van der Waals surface area contributed by atoms with Gasteiger partial charge < -0.3 is 24.8 Å². The summed E-state index contributed by atoms with van der Waals surface area (Å²) in [6.07, 6.45) is 0.230. The van der Waals surface area contributed by atoms with Crippen molar-refractivity contribution in [3.05, 3.63) is 42.5 Å². The van der Waals surface area contributed by atoms with Crippen LogP contribution in [0.5, 0.6) is 5.06 Å². The average Bonchev–Trinajstić information content (AvgIpc) is 3.55. The van der Waals surface area contributed by atoms with Gasteiger partial charge in [-0.2, -0.15) is 0 Å². The molecule has 2 aromatic rings. The quantitative estimate of drug-likeness (QED) is 0.568. The van der Waals surface area contributed by atoms with Gasteiger partial charge in [0.15, 0.2) is 10.8 Å². The predicted molar refractivity (Wildman–Crippen MR) is 141 cm³/mol. The number of nitrogens with one attached hydrogen (secondary N) is 1. The third kappa shape index (κ3) is 6.19. The Morgan fingerprint density at radius 1 is 1.11 bits per heavy atom. The number of Topliss-reactive ketones (excluding diaryl/α,β-unsaturated/α-hetero) is 1. The number of thiophene rings is 1. The highest BCUT2D eigenvalue weighted by Gasteiger charge is 2.52. The van der Waals surface area contributed by atoms with Crippen LogP contribution in [0.15, 0.2) is 42.5 Å². The molecule has 3 atom stereocenters. The zero-order valence-corrected chi connectivity index (χ0v) is 22.5. The van der Waals surface area contributed by atoms with Crippen LogP contribution < -0.4 is 10.1 Å². The minimum Gasteiger partial charge on any atom is -0.399 e. The number of carbonyl (C=O) groups excluding carboxylic acids is 4. The maximum Gasteiger partial charge on any atom is 0.414 e. The SMILES string of the molecule is CC(C)CC(NC(=O)Oc1ccc(-c2ccccc2)s1)C(=O)N1CCC2C1C(=O)CN2C(=O)CN(C)C. The van der Waals surface area contributed by atoms with Crippen molar-refractivity contribution in [3.8, 4) is 15.5 Å². The van der Waals surface area contributed by atoms with Crippen molar-refractivity contribution in [2.45, 2.75) is 44.8 Å². The molecule has 1 aromatic heterocycles. The lowest BCUT2D eigenvalue weighted by atomic mass is 10.0. The highest BCUT2D eigenvalue weighted by Crippen LogP contribution is 2.33. The molecule has 1 aromatic carbocycles. The molecule has 2 aliphatic heterocycles. The van der Waals surface area contributed by atoms with E-state index in [1.54, 1.807) is 34.9 Å². The maximum absolute atomic E-state index is 13.6. The summed E-state index contributed by atoms with van der Waals surface area (Å²) in [6, 6.07) is 11.6. The summed E-state index contributed by atoms with van der Waals surface area (Å²) in [5, 5.41) is 3.16. The Balaban J connectivity index is 1.42. The second-order valence-corrected chi connectivity index (χ2v) is 11.3. The fourth-order valence-electron chi connectivity index (χ4n) is 5.04. The summed E-state index contributed by atoms with van der Waals surface area (Å²) >= 11 is 1.34. The van der Waals surface area contributed by atoms with E-state index >= 15 is 0 Å². The molecule has 3 unspecified atom stereocenters. The molecule has 4 rings (SSSR count). The Bertz CT molecular complexity index is 1150. The molecule has 198 valence electrons. The topological polar surface area (TPSA) is 99.3 Å². The van der Waals surface area contributed by atoms with Crippen LogP contribution >= 0.6 is 11.3 Å². The molecule has 0 saturated carbocycles. The van der Waals surface area contributed by atoms with Gasteiger partial charge in [-0.05, 0) is 50.6 Å². The lowest BCUT2D eigenvalue weighted by Crippen LogP contribution is -2.53. The van der Waals surface area contributed by atoms with Crippen LogP contribution in [0.1, 0.15) is 26.7 Å². The van der Waals surface area contributed by atoms with Gasteiger partial charge in [0.2, 0.25) is 11.8 Å². The van der Waals surface area contributed by atoms with Crippen LogP contribution in [0.4, 0.5) is 4.79 Å². The maximum atomic E-state index is 13.6. The lowest BCUT2D eigenvalue weighted by Gasteiger charge is -2.29. The van der Waals surface area contributed by atoms with Crippen molar-refractivity contribution in [2.75, 3.05) is 33.7 Å². The lowest BCUT2D eigenvalue weighted by molar-refractivity contribution is -0.138. The van der Waals surface area contributed by atoms with Crippen LogP contribution in [0.3, 0.4) is 0 Å². The Morgan fingerprint density at radius 2 is 1.84 bits per heavy atom.